The van der Waals surface area contributed by atoms with E-state index in [-0.39, 0.29) is 11.3 Å². The fraction of sp³-hybridized carbons (Fsp3) is 0.154. The van der Waals surface area contributed by atoms with Crippen molar-refractivity contribution < 1.29 is 9.90 Å². The summed E-state index contributed by atoms with van der Waals surface area (Å²) in [5.74, 6) is -1.12. The molecule has 0 radical (unpaired) electrons. The molecule has 0 amide bonds. The molecule has 0 saturated carbocycles. The summed E-state index contributed by atoms with van der Waals surface area (Å²) in [6.07, 6.45) is 3.01. The number of aryl methyl sites for hydroxylation is 1. The monoisotopic (exact) mass is 244 g/mol. The van der Waals surface area contributed by atoms with Crippen LogP contribution in [0.25, 0.3) is 5.69 Å². The Labute approximate surface area is 103 Å². The van der Waals surface area contributed by atoms with Crippen molar-refractivity contribution in [2.45, 2.75) is 13.8 Å². The molecule has 0 bridgehead atoms. The number of rotatable bonds is 2. The molecular weight excluding hydrogens is 232 g/mol. The number of nitrogens with zero attached hydrogens (tertiary/aromatic N) is 2. The number of carbonyl (C=O) groups is 1. The van der Waals surface area contributed by atoms with Gasteiger partial charge in [-0.3, -0.25) is 9.36 Å². The summed E-state index contributed by atoms with van der Waals surface area (Å²) in [6.45, 7) is 3.60. The van der Waals surface area contributed by atoms with Gasteiger partial charge in [0.25, 0.3) is 5.56 Å². The van der Waals surface area contributed by atoms with Gasteiger partial charge in [0.05, 0.1) is 5.69 Å². The third-order valence-corrected chi connectivity index (χ3v) is 2.85. The molecule has 5 nitrogen and oxygen atoms in total. The number of pyridine rings is 2. The molecule has 2 aromatic rings. The van der Waals surface area contributed by atoms with Gasteiger partial charge in [0, 0.05) is 18.0 Å². The maximum atomic E-state index is 12.1. The van der Waals surface area contributed by atoms with Crippen molar-refractivity contribution in [1.29, 1.82) is 0 Å². The van der Waals surface area contributed by atoms with Crippen molar-refractivity contribution in [1.82, 2.24) is 9.55 Å². The quantitative estimate of drug-likeness (QED) is 0.869. The van der Waals surface area contributed by atoms with E-state index < -0.39 is 5.97 Å². The first kappa shape index (κ1) is 12.0. The number of hydrogen-bond donors (Lipinski definition) is 1. The molecule has 2 aromatic heterocycles. The highest BCUT2D eigenvalue weighted by Crippen LogP contribution is 2.08. The van der Waals surface area contributed by atoms with Crippen LogP contribution in [0.15, 0.2) is 35.4 Å². The third kappa shape index (κ3) is 2.02. The van der Waals surface area contributed by atoms with Gasteiger partial charge in [0.1, 0.15) is 5.69 Å². The number of hydrogen-bond acceptors (Lipinski definition) is 3. The summed E-state index contributed by atoms with van der Waals surface area (Å²) in [7, 11) is 0. The molecule has 18 heavy (non-hydrogen) atoms. The SMILES string of the molecule is Cc1ccn(-c2ccnc(C(=O)O)c2)c(=O)c1C. The lowest BCUT2D eigenvalue weighted by Gasteiger charge is -2.08. The normalized spacial score (nSPS) is 10.3. The Morgan fingerprint density at radius 1 is 1.33 bits per heavy atom. The van der Waals surface area contributed by atoms with Crippen molar-refractivity contribution in [3.63, 3.8) is 0 Å². The molecule has 2 rings (SSSR count). The van der Waals surface area contributed by atoms with Crippen LogP contribution in [0.1, 0.15) is 21.6 Å². The van der Waals surface area contributed by atoms with Crippen LogP contribution in [0.5, 0.6) is 0 Å². The zero-order chi connectivity index (χ0) is 13.3. The summed E-state index contributed by atoms with van der Waals surface area (Å²) in [5, 5.41) is 8.87. The Kier molecular flexibility index (Phi) is 2.97. The maximum Gasteiger partial charge on any atom is 0.354 e. The average molecular weight is 244 g/mol. The van der Waals surface area contributed by atoms with Crippen LogP contribution in [0.2, 0.25) is 0 Å². The summed E-state index contributed by atoms with van der Waals surface area (Å²) >= 11 is 0. The van der Waals surface area contributed by atoms with Crippen LogP contribution < -0.4 is 5.56 Å². The molecule has 0 aliphatic rings. The van der Waals surface area contributed by atoms with Gasteiger partial charge in [-0.25, -0.2) is 9.78 Å². The lowest BCUT2D eigenvalue weighted by atomic mass is 10.2. The standard InChI is InChI=1S/C13H12N2O3/c1-8-4-6-15(12(16)9(8)2)10-3-5-14-11(7-10)13(17)18/h3-7H,1-2H3,(H,17,18). The maximum absolute atomic E-state index is 12.1. The fourth-order valence-corrected chi connectivity index (χ4v) is 1.62. The smallest absolute Gasteiger partial charge is 0.354 e. The number of aromatic carboxylic acids is 1. The topological polar surface area (TPSA) is 72.2 Å². The Morgan fingerprint density at radius 3 is 2.72 bits per heavy atom. The van der Waals surface area contributed by atoms with Gasteiger partial charge in [-0.05, 0) is 37.6 Å². The van der Waals surface area contributed by atoms with Crippen molar-refractivity contribution in [2.24, 2.45) is 0 Å². The second-order valence-electron chi connectivity index (χ2n) is 4.00. The van der Waals surface area contributed by atoms with Gasteiger partial charge in [-0.15, -0.1) is 0 Å². The van der Waals surface area contributed by atoms with Gasteiger partial charge in [-0.1, -0.05) is 0 Å². The van der Waals surface area contributed by atoms with Crippen LogP contribution in [0.3, 0.4) is 0 Å². The van der Waals surface area contributed by atoms with Crippen LogP contribution >= 0.6 is 0 Å². The molecule has 92 valence electrons. The molecule has 0 aromatic carbocycles. The lowest BCUT2D eigenvalue weighted by Crippen LogP contribution is -2.21. The highest BCUT2D eigenvalue weighted by atomic mass is 16.4. The molecule has 5 heteroatoms. The zero-order valence-electron chi connectivity index (χ0n) is 10.0. The number of carboxylic acids is 1. The van der Waals surface area contributed by atoms with Crippen molar-refractivity contribution >= 4 is 5.97 Å². The molecule has 0 aliphatic heterocycles. The largest absolute Gasteiger partial charge is 0.477 e. The predicted molar refractivity (Wildman–Crippen MR) is 66.3 cm³/mol. The first-order chi connectivity index (χ1) is 8.50. The van der Waals surface area contributed by atoms with E-state index in [4.69, 9.17) is 5.11 Å². The molecule has 0 aliphatic carbocycles. The van der Waals surface area contributed by atoms with E-state index >= 15 is 0 Å². The third-order valence-electron chi connectivity index (χ3n) is 2.85. The molecule has 0 unspecified atom stereocenters. The van der Waals surface area contributed by atoms with E-state index in [1.807, 2.05) is 13.0 Å². The van der Waals surface area contributed by atoms with Gasteiger partial charge in [0.15, 0.2) is 0 Å². The Bertz CT molecular complexity index is 674. The van der Waals surface area contributed by atoms with E-state index in [0.717, 1.165) is 5.56 Å². The van der Waals surface area contributed by atoms with Crippen LogP contribution in [0, 0.1) is 13.8 Å². The van der Waals surface area contributed by atoms with E-state index in [1.165, 1.54) is 16.8 Å². The van der Waals surface area contributed by atoms with Crippen molar-refractivity contribution in [3.05, 3.63) is 57.8 Å². The highest BCUT2D eigenvalue weighted by molar-refractivity contribution is 5.85. The van der Waals surface area contributed by atoms with Gasteiger partial charge >= 0.3 is 5.97 Å². The van der Waals surface area contributed by atoms with Gasteiger partial charge in [0.2, 0.25) is 0 Å². The summed E-state index contributed by atoms with van der Waals surface area (Å²) in [6, 6.07) is 4.79. The van der Waals surface area contributed by atoms with Gasteiger partial charge in [-0.2, -0.15) is 0 Å². The van der Waals surface area contributed by atoms with Crippen LogP contribution in [-0.4, -0.2) is 20.6 Å². The minimum Gasteiger partial charge on any atom is -0.477 e. The Hall–Kier alpha value is -2.43. The molecule has 2 heterocycles. The fourth-order valence-electron chi connectivity index (χ4n) is 1.62. The van der Waals surface area contributed by atoms with Crippen molar-refractivity contribution in [2.75, 3.05) is 0 Å². The first-order valence-corrected chi connectivity index (χ1v) is 5.39. The molecule has 1 N–H and O–H groups in total. The van der Waals surface area contributed by atoms with E-state index in [1.54, 1.807) is 19.2 Å². The van der Waals surface area contributed by atoms with E-state index in [2.05, 4.69) is 4.98 Å². The van der Waals surface area contributed by atoms with E-state index in [9.17, 15) is 9.59 Å². The highest BCUT2D eigenvalue weighted by Gasteiger charge is 2.08. The molecule has 0 atom stereocenters. The number of carboxylic acid groups (broad SMARTS) is 1. The second kappa shape index (κ2) is 4.44. The van der Waals surface area contributed by atoms with Crippen molar-refractivity contribution in [3.8, 4) is 5.69 Å². The summed E-state index contributed by atoms with van der Waals surface area (Å²) in [5.41, 5.74) is 1.81. The number of aromatic nitrogens is 2. The van der Waals surface area contributed by atoms with Gasteiger partial charge < -0.3 is 5.11 Å². The molecule has 0 spiro atoms. The van der Waals surface area contributed by atoms with Crippen LogP contribution in [-0.2, 0) is 0 Å². The minimum atomic E-state index is -1.12. The average Bonchev–Trinajstić information content (AvgIpc) is 2.36. The second-order valence-corrected chi connectivity index (χ2v) is 4.00. The van der Waals surface area contributed by atoms with Crippen LogP contribution in [0.4, 0.5) is 0 Å². The summed E-state index contributed by atoms with van der Waals surface area (Å²) < 4.78 is 1.41. The molecular formula is C13H12N2O3. The minimum absolute atomic E-state index is 0.0855. The van der Waals surface area contributed by atoms with E-state index in [0.29, 0.717) is 11.3 Å². The zero-order valence-corrected chi connectivity index (χ0v) is 10.0. The predicted octanol–water partition coefficient (Wildman–Crippen LogP) is 1.55. The first-order valence-electron chi connectivity index (χ1n) is 5.39. The summed E-state index contributed by atoms with van der Waals surface area (Å²) in [4.78, 5) is 26.6. The molecule has 0 saturated heterocycles. The lowest BCUT2D eigenvalue weighted by molar-refractivity contribution is 0.0690. The Morgan fingerprint density at radius 2 is 2.06 bits per heavy atom. The Balaban J connectivity index is 2.63. The molecule has 0 fully saturated rings.